The normalized spacial score (nSPS) is 20.4. The Labute approximate surface area is 146 Å². The summed E-state index contributed by atoms with van der Waals surface area (Å²) in [6.07, 6.45) is 5.39. The molecular weight excluding hydrogens is 320 g/mol. The molecule has 0 radical (unpaired) electrons. The summed E-state index contributed by atoms with van der Waals surface area (Å²) < 4.78 is 9.26. The molecule has 0 bridgehead atoms. The number of ether oxygens (including phenoxy) is 1. The van der Waals surface area contributed by atoms with Gasteiger partial charge in [-0.1, -0.05) is 5.21 Å². The molecule has 1 saturated carbocycles. The van der Waals surface area contributed by atoms with Crippen LogP contribution in [0.4, 0.5) is 0 Å². The van der Waals surface area contributed by atoms with Crippen LogP contribution in [0.25, 0.3) is 0 Å². The molecule has 3 heterocycles. The van der Waals surface area contributed by atoms with Gasteiger partial charge in [0.25, 0.3) is 5.91 Å². The van der Waals surface area contributed by atoms with Crippen LogP contribution in [0.1, 0.15) is 47.2 Å². The highest BCUT2D eigenvalue weighted by Gasteiger charge is 2.30. The van der Waals surface area contributed by atoms with E-state index in [2.05, 4.69) is 15.4 Å². The Morgan fingerprint density at radius 1 is 1.36 bits per heavy atom. The lowest BCUT2D eigenvalue weighted by molar-refractivity contribution is 0.0780. The molecule has 0 N–H and O–H groups in total. The second kappa shape index (κ2) is 6.59. The molecule has 25 heavy (non-hydrogen) atoms. The molecule has 8 nitrogen and oxygen atoms in total. The minimum Gasteiger partial charge on any atom is -0.375 e. The predicted octanol–water partition coefficient (Wildman–Crippen LogP) is 1.33. The molecule has 0 aromatic carbocycles. The maximum absolute atomic E-state index is 12.6. The Morgan fingerprint density at radius 2 is 2.20 bits per heavy atom. The van der Waals surface area contributed by atoms with E-state index in [9.17, 15) is 4.79 Å². The molecule has 2 aliphatic rings. The number of carbonyl (C=O) groups excluding carboxylic acids is 1. The van der Waals surface area contributed by atoms with Gasteiger partial charge in [0.05, 0.1) is 18.8 Å². The number of aromatic nitrogens is 5. The first kappa shape index (κ1) is 16.3. The van der Waals surface area contributed by atoms with Gasteiger partial charge in [0.2, 0.25) is 0 Å². The summed E-state index contributed by atoms with van der Waals surface area (Å²) in [5.41, 5.74) is 2.34. The first-order valence-electron chi connectivity index (χ1n) is 8.88. The van der Waals surface area contributed by atoms with E-state index in [0.717, 1.165) is 30.3 Å². The molecular formula is C17H24N6O2. The topological polar surface area (TPSA) is 78.1 Å². The number of hydrogen-bond donors (Lipinski definition) is 0. The molecule has 1 aliphatic carbocycles. The number of likely N-dealkylation sites (tertiary alicyclic amines) is 1. The third kappa shape index (κ3) is 3.58. The van der Waals surface area contributed by atoms with Crippen LogP contribution in [0.5, 0.6) is 0 Å². The smallest absolute Gasteiger partial charge is 0.274 e. The molecule has 1 atom stereocenters. The Kier molecular flexibility index (Phi) is 4.29. The van der Waals surface area contributed by atoms with Gasteiger partial charge in [-0.05, 0) is 38.2 Å². The van der Waals surface area contributed by atoms with E-state index in [1.807, 2.05) is 35.8 Å². The van der Waals surface area contributed by atoms with Gasteiger partial charge in [-0.25, -0.2) is 4.68 Å². The molecule has 8 heteroatoms. The fraction of sp³-hybridized carbons (Fsp3) is 0.647. The van der Waals surface area contributed by atoms with Crippen molar-refractivity contribution in [1.82, 2.24) is 29.7 Å². The van der Waals surface area contributed by atoms with E-state index in [4.69, 9.17) is 4.74 Å². The molecule has 1 aliphatic heterocycles. The van der Waals surface area contributed by atoms with Crippen molar-refractivity contribution in [2.24, 2.45) is 13.0 Å². The minimum absolute atomic E-state index is 0.0145. The van der Waals surface area contributed by atoms with E-state index in [-0.39, 0.29) is 11.9 Å². The number of rotatable bonds is 6. The fourth-order valence-electron chi connectivity index (χ4n) is 3.14. The minimum atomic E-state index is -0.0145. The summed E-state index contributed by atoms with van der Waals surface area (Å²) in [6, 6.07) is 2.00. The van der Waals surface area contributed by atoms with Crippen LogP contribution < -0.4 is 0 Å². The number of carbonyl (C=O) groups is 1. The van der Waals surface area contributed by atoms with Crippen molar-refractivity contribution in [3.05, 3.63) is 29.3 Å². The third-order valence-electron chi connectivity index (χ3n) is 5.02. The number of aryl methyl sites for hydroxylation is 2. The zero-order valence-corrected chi connectivity index (χ0v) is 14.8. The average Bonchev–Trinajstić information content (AvgIpc) is 3.00. The number of amides is 1. The van der Waals surface area contributed by atoms with Gasteiger partial charge < -0.3 is 9.64 Å². The van der Waals surface area contributed by atoms with E-state index < -0.39 is 0 Å². The summed E-state index contributed by atoms with van der Waals surface area (Å²) in [5, 5.41) is 12.7. The fourth-order valence-corrected chi connectivity index (χ4v) is 3.14. The van der Waals surface area contributed by atoms with Crippen molar-refractivity contribution in [1.29, 1.82) is 0 Å². The van der Waals surface area contributed by atoms with E-state index >= 15 is 0 Å². The highest BCUT2D eigenvalue weighted by atomic mass is 16.5. The lowest BCUT2D eigenvalue weighted by Crippen LogP contribution is -2.29. The predicted molar refractivity (Wildman–Crippen MR) is 89.9 cm³/mol. The van der Waals surface area contributed by atoms with Crippen LogP contribution in [0.15, 0.2) is 12.3 Å². The van der Waals surface area contributed by atoms with Gasteiger partial charge in [0.15, 0.2) is 5.69 Å². The largest absolute Gasteiger partial charge is 0.375 e. The lowest BCUT2D eigenvalue weighted by atomic mass is 10.3. The van der Waals surface area contributed by atoms with Crippen LogP contribution in [0, 0.1) is 12.8 Å². The van der Waals surface area contributed by atoms with Crippen LogP contribution in [-0.2, 0) is 18.4 Å². The molecule has 2 aromatic rings. The first-order valence-corrected chi connectivity index (χ1v) is 8.88. The monoisotopic (exact) mass is 344 g/mol. The van der Waals surface area contributed by atoms with Crippen LogP contribution in [0.2, 0.25) is 0 Å². The molecule has 134 valence electrons. The maximum atomic E-state index is 12.6. The van der Waals surface area contributed by atoms with Gasteiger partial charge in [-0.15, -0.1) is 5.10 Å². The van der Waals surface area contributed by atoms with E-state index in [0.29, 0.717) is 25.4 Å². The van der Waals surface area contributed by atoms with Crippen molar-refractivity contribution in [2.75, 3.05) is 19.7 Å². The second-order valence-corrected chi connectivity index (χ2v) is 7.14. The third-order valence-corrected chi connectivity index (χ3v) is 5.02. The van der Waals surface area contributed by atoms with Gasteiger partial charge in [-0.2, -0.15) is 5.10 Å². The Balaban J connectivity index is 1.33. The zero-order chi connectivity index (χ0) is 17.4. The van der Waals surface area contributed by atoms with Gasteiger partial charge in [-0.3, -0.25) is 9.48 Å². The van der Waals surface area contributed by atoms with Crippen molar-refractivity contribution in [3.63, 3.8) is 0 Å². The summed E-state index contributed by atoms with van der Waals surface area (Å²) in [7, 11) is 1.85. The Bertz CT molecular complexity index is 744. The Morgan fingerprint density at radius 3 is 2.92 bits per heavy atom. The SMILES string of the molecule is Cc1cc(C(=O)N2CCC(n3cc(COCC4CC4)nn3)C2)nn1C. The summed E-state index contributed by atoms with van der Waals surface area (Å²) in [5.74, 6) is 0.735. The van der Waals surface area contributed by atoms with Crippen LogP contribution in [-0.4, -0.2) is 55.3 Å². The molecule has 2 aromatic heterocycles. The van der Waals surface area contributed by atoms with E-state index in [1.165, 1.54) is 12.8 Å². The highest BCUT2D eigenvalue weighted by Crippen LogP contribution is 2.29. The van der Waals surface area contributed by atoms with Crippen LogP contribution >= 0.6 is 0 Å². The zero-order valence-electron chi connectivity index (χ0n) is 14.8. The van der Waals surface area contributed by atoms with Gasteiger partial charge in [0.1, 0.15) is 5.69 Å². The van der Waals surface area contributed by atoms with Crippen molar-refractivity contribution in [2.45, 2.75) is 38.8 Å². The summed E-state index contributed by atoms with van der Waals surface area (Å²) in [4.78, 5) is 14.4. The lowest BCUT2D eigenvalue weighted by Gasteiger charge is -2.15. The van der Waals surface area contributed by atoms with Gasteiger partial charge >= 0.3 is 0 Å². The second-order valence-electron chi connectivity index (χ2n) is 7.14. The average molecular weight is 344 g/mol. The Hall–Kier alpha value is -2.22. The maximum Gasteiger partial charge on any atom is 0.274 e. The first-order chi connectivity index (χ1) is 12.1. The molecule has 1 saturated heterocycles. The van der Waals surface area contributed by atoms with Crippen molar-refractivity contribution >= 4 is 5.91 Å². The quantitative estimate of drug-likeness (QED) is 0.790. The number of hydrogen-bond acceptors (Lipinski definition) is 5. The molecule has 2 fully saturated rings. The van der Waals surface area contributed by atoms with Crippen molar-refractivity contribution < 1.29 is 9.53 Å². The van der Waals surface area contributed by atoms with E-state index in [1.54, 1.807) is 4.68 Å². The van der Waals surface area contributed by atoms with Gasteiger partial charge in [0, 0.05) is 32.4 Å². The molecule has 1 unspecified atom stereocenters. The summed E-state index contributed by atoms with van der Waals surface area (Å²) in [6.45, 7) is 4.63. The highest BCUT2D eigenvalue weighted by molar-refractivity contribution is 5.92. The van der Waals surface area contributed by atoms with Crippen LogP contribution in [0.3, 0.4) is 0 Å². The number of nitrogens with zero attached hydrogens (tertiary/aromatic N) is 6. The molecule has 0 spiro atoms. The standard InChI is InChI=1S/C17H24N6O2/c1-12-7-16(19-21(12)2)17(24)22-6-5-15(9-22)23-8-14(18-20-23)11-25-10-13-3-4-13/h7-8,13,15H,3-6,9-11H2,1-2H3. The molecule has 1 amide bonds. The van der Waals surface area contributed by atoms with Crippen molar-refractivity contribution in [3.8, 4) is 0 Å². The molecule has 4 rings (SSSR count). The summed E-state index contributed by atoms with van der Waals surface area (Å²) >= 11 is 0.